The fraction of sp³-hybridized carbons (Fsp3) is 0.435. The number of amides is 4. The van der Waals surface area contributed by atoms with Crippen LogP contribution < -0.4 is 27.4 Å². The van der Waals surface area contributed by atoms with Gasteiger partial charge < -0.3 is 47.7 Å². The molecule has 0 aliphatic carbocycles. The van der Waals surface area contributed by atoms with Gasteiger partial charge in [-0.05, 0) is 25.0 Å². The van der Waals surface area contributed by atoms with E-state index in [2.05, 4.69) is 20.9 Å². The molecule has 1 aromatic heterocycles. The number of nitrogens with one attached hydrogen (secondary N) is 4. The Hall–Kier alpha value is -4.01. The number of carboxylic acid groups (broad SMARTS) is 1. The number of aromatic nitrogens is 1. The summed E-state index contributed by atoms with van der Waals surface area (Å²) in [4.78, 5) is 63.9. The number of aromatic amines is 1. The molecule has 1 heterocycles. The minimum absolute atomic E-state index is 0.0753. The summed E-state index contributed by atoms with van der Waals surface area (Å²) in [5.41, 5.74) is 12.1. The molecule has 11 N–H and O–H groups in total. The Morgan fingerprint density at radius 2 is 1.57 bits per heavy atom. The zero-order valence-electron chi connectivity index (χ0n) is 20.1. The number of carbonyl (C=O) groups is 5. The molecule has 0 saturated carbocycles. The third-order valence-corrected chi connectivity index (χ3v) is 5.66. The van der Waals surface area contributed by atoms with Gasteiger partial charge in [0.25, 0.3) is 0 Å². The highest BCUT2D eigenvalue weighted by Gasteiger charge is 2.31. The van der Waals surface area contributed by atoms with Crippen LogP contribution in [0, 0.1) is 0 Å². The number of primary amides is 1. The molecule has 37 heavy (non-hydrogen) atoms. The van der Waals surface area contributed by atoms with E-state index in [9.17, 15) is 39.3 Å². The number of rotatable bonds is 14. The van der Waals surface area contributed by atoms with Crippen molar-refractivity contribution in [2.75, 3.05) is 6.61 Å². The molecule has 0 aliphatic rings. The van der Waals surface area contributed by atoms with Crippen molar-refractivity contribution in [3.63, 3.8) is 0 Å². The van der Waals surface area contributed by atoms with Crippen LogP contribution >= 0.6 is 0 Å². The number of hydrogen-bond donors (Lipinski definition) is 9. The molecule has 4 amide bonds. The summed E-state index contributed by atoms with van der Waals surface area (Å²) in [6.45, 7) is 0.393. The van der Waals surface area contributed by atoms with Gasteiger partial charge in [0.1, 0.15) is 24.2 Å². The molecule has 0 bridgehead atoms. The molecule has 2 rings (SSSR count). The smallest absolute Gasteiger partial charge is 0.326 e. The number of benzene rings is 1. The molecule has 0 aliphatic heterocycles. The van der Waals surface area contributed by atoms with Crippen molar-refractivity contribution in [2.45, 2.75) is 56.5 Å². The average molecular weight is 521 g/mol. The number of aliphatic hydroxyl groups excluding tert-OH is 2. The largest absolute Gasteiger partial charge is 0.480 e. The van der Waals surface area contributed by atoms with Crippen LogP contribution in [0.3, 0.4) is 0 Å². The first-order chi connectivity index (χ1) is 17.4. The molecule has 0 radical (unpaired) electrons. The Labute approximate surface area is 211 Å². The molecule has 0 spiro atoms. The standard InChI is InChI=1S/C23H32N6O8/c1-11(31)19(25)22(35)29-17(10-30)21(34)27-15(6-7-18(24)32)20(33)28-16(23(36)37)8-12-9-26-14-5-3-2-4-13(12)14/h2-5,9,11,15-17,19,26,30-31H,6-8,10,25H2,1H3,(H2,24,32)(H,27,34)(H,28,33)(H,29,35)(H,36,37). The second-order valence-corrected chi connectivity index (χ2v) is 8.54. The van der Waals surface area contributed by atoms with Crippen molar-refractivity contribution in [3.05, 3.63) is 36.0 Å². The van der Waals surface area contributed by atoms with E-state index in [0.717, 1.165) is 10.9 Å². The third kappa shape index (κ3) is 8.27. The van der Waals surface area contributed by atoms with Crippen molar-refractivity contribution >= 4 is 40.5 Å². The van der Waals surface area contributed by atoms with Crippen LogP contribution in [-0.4, -0.2) is 86.8 Å². The second kappa shape index (κ2) is 13.3. The Morgan fingerprint density at radius 1 is 0.973 bits per heavy atom. The Morgan fingerprint density at radius 3 is 2.16 bits per heavy atom. The maximum Gasteiger partial charge on any atom is 0.326 e. The minimum atomic E-state index is -1.54. The third-order valence-electron chi connectivity index (χ3n) is 5.66. The van der Waals surface area contributed by atoms with Crippen LogP contribution in [0.25, 0.3) is 10.9 Å². The van der Waals surface area contributed by atoms with Crippen molar-refractivity contribution in [1.82, 2.24) is 20.9 Å². The summed E-state index contributed by atoms with van der Waals surface area (Å²) in [6, 6.07) is 1.49. The van der Waals surface area contributed by atoms with Crippen LogP contribution in [-0.2, 0) is 30.4 Å². The Balaban J connectivity index is 2.16. The maximum atomic E-state index is 13.0. The van der Waals surface area contributed by atoms with Gasteiger partial charge in [0.15, 0.2) is 0 Å². The number of fused-ring (bicyclic) bond motifs is 1. The molecule has 14 nitrogen and oxygen atoms in total. The zero-order chi connectivity index (χ0) is 27.7. The predicted molar refractivity (Wildman–Crippen MR) is 131 cm³/mol. The highest BCUT2D eigenvalue weighted by atomic mass is 16.4. The number of carboxylic acids is 1. The number of aliphatic carboxylic acids is 1. The molecule has 1 aromatic carbocycles. The Bertz CT molecular complexity index is 1130. The first-order valence-corrected chi connectivity index (χ1v) is 11.5. The van der Waals surface area contributed by atoms with E-state index in [1.165, 1.54) is 6.92 Å². The van der Waals surface area contributed by atoms with Gasteiger partial charge in [0, 0.05) is 29.9 Å². The first kappa shape index (κ1) is 29.2. The quantitative estimate of drug-likeness (QED) is 0.125. The number of H-pyrrole nitrogens is 1. The number of hydrogen-bond acceptors (Lipinski definition) is 8. The Kier molecular flexibility index (Phi) is 10.5. The zero-order valence-corrected chi connectivity index (χ0v) is 20.1. The lowest BCUT2D eigenvalue weighted by Gasteiger charge is -2.24. The monoisotopic (exact) mass is 520 g/mol. The fourth-order valence-corrected chi connectivity index (χ4v) is 3.50. The van der Waals surface area contributed by atoms with E-state index >= 15 is 0 Å². The van der Waals surface area contributed by atoms with E-state index in [4.69, 9.17) is 11.5 Å². The van der Waals surface area contributed by atoms with Gasteiger partial charge in [-0.3, -0.25) is 19.2 Å². The van der Waals surface area contributed by atoms with E-state index in [0.29, 0.717) is 5.56 Å². The topological polar surface area (TPSA) is 250 Å². The van der Waals surface area contributed by atoms with Gasteiger partial charge in [-0.2, -0.15) is 0 Å². The van der Waals surface area contributed by atoms with Crippen molar-refractivity contribution < 1.29 is 39.3 Å². The normalized spacial score (nSPS) is 15.1. The summed E-state index contributed by atoms with van der Waals surface area (Å²) in [7, 11) is 0. The van der Waals surface area contributed by atoms with Gasteiger partial charge >= 0.3 is 5.97 Å². The summed E-state index contributed by atoms with van der Waals surface area (Å²) in [5.74, 6) is -4.93. The van der Waals surface area contributed by atoms with Gasteiger partial charge in [0.05, 0.1) is 12.7 Å². The van der Waals surface area contributed by atoms with Gasteiger partial charge in [-0.1, -0.05) is 18.2 Å². The molecular formula is C23H32N6O8. The molecule has 5 unspecified atom stereocenters. The number of para-hydroxylation sites is 1. The minimum Gasteiger partial charge on any atom is -0.480 e. The van der Waals surface area contributed by atoms with Crippen molar-refractivity contribution in [2.24, 2.45) is 11.5 Å². The van der Waals surface area contributed by atoms with Gasteiger partial charge in [-0.25, -0.2) is 4.79 Å². The van der Waals surface area contributed by atoms with Gasteiger partial charge in [-0.15, -0.1) is 0 Å². The summed E-state index contributed by atoms with van der Waals surface area (Å²) in [6.07, 6.45) is -0.269. The molecule has 202 valence electrons. The van der Waals surface area contributed by atoms with Crippen molar-refractivity contribution in [3.8, 4) is 0 Å². The van der Waals surface area contributed by atoms with E-state index in [1.54, 1.807) is 18.3 Å². The lowest BCUT2D eigenvalue weighted by atomic mass is 10.0. The lowest BCUT2D eigenvalue weighted by molar-refractivity contribution is -0.142. The van der Waals surface area contributed by atoms with Crippen LogP contribution in [0.4, 0.5) is 0 Å². The number of aliphatic hydroxyl groups is 2. The molecule has 2 aromatic rings. The van der Waals surface area contributed by atoms with Crippen LogP contribution in [0.2, 0.25) is 0 Å². The molecule has 0 fully saturated rings. The van der Waals surface area contributed by atoms with Gasteiger partial charge in [0.2, 0.25) is 23.6 Å². The molecule has 5 atom stereocenters. The molecule has 0 saturated heterocycles. The lowest BCUT2D eigenvalue weighted by Crippen LogP contribution is -2.59. The number of nitrogens with two attached hydrogens (primary N) is 2. The van der Waals surface area contributed by atoms with E-state index in [1.807, 2.05) is 12.1 Å². The fourth-order valence-electron chi connectivity index (χ4n) is 3.50. The van der Waals surface area contributed by atoms with Crippen LogP contribution in [0.15, 0.2) is 30.5 Å². The van der Waals surface area contributed by atoms with Crippen LogP contribution in [0.1, 0.15) is 25.3 Å². The first-order valence-electron chi connectivity index (χ1n) is 11.5. The second-order valence-electron chi connectivity index (χ2n) is 8.54. The highest BCUT2D eigenvalue weighted by Crippen LogP contribution is 2.19. The van der Waals surface area contributed by atoms with Crippen molar-refractivity contribution in [1.29, 1.82) is 0 Å². The maximum absolute atomic E-state index is 13.0. The number of carbonyl (C=O) groups excluding carboxylic acids is 4. The highest BCUT2D eigenvalue weighted by molar-refractivity contribution is 5.94. The molecule has 14 heteroatoms. The summed E-state index contributed by atoms with van der Waals surface area (Å²) < 4.78 is 0. The summed E-state index contributed by atoms with van der Waals surface area (Å²) >= 11 is 0. The predicted octanol–water partition coefficient (Wildman–Crippen LogP) is -2.78. The average Bonchev–Trinajstić information content (AvgIpc) is 3.26. The summed E-state index contributed by atoms with van der Waals surface area (Å²) in [5, 5.41) is 36.3. The SMILES string of the molecule is CC(O)C(N)C(=O)NC(CO)C(=O)NC(CCC(N)=O)C(=O)NC(Cc1c[nH]c2ccccc12)C(=O)O. The van der Waals surface area contributed by atoms with E-state index < -0.39 is 66.5 Å². The van der Waals surface area contributed by atoms with E-state index in [-0.39, 0.29) is 19.3 Å². The van der Waals surface area contributed by atoms with Crippen LogP contribution in [0.5, 0.6) is 0 Å². The molecular weight excluding hydrogens is 488 g/mol.